The van der Waals surface area contributed by atoms with E-state index in [1.165, 1.54) is 24.5 Å². The molecule has 0 aliphatic rings. The highest BCUT2D eigenvalue weighted by Gasteiger charge is 2.17. The van der Waals surface area contributed by atoms with Crippen molar-refractivity contribution in [1.29, 1.82) is 0 Å². The van der Waals surface area contributed by atoms with E-state index >= 15 is 0 Å². The molecule has 22 heavy (non-hydrogen) atoms. The number of pyridine rings is 1. The van der Waals surface area contributed by atoms with Crippen molar-refractivity contribution in [1.82, 2.24) is 4.98 Å². The monoisotopic (exact) mass is 322 g/mol. The summed E-state index contributed by atoms with van der Waals surface area (Å²) in [5, 5.41) is 13.9. The number of aromatic nitrogens is 1. The minimum Gasteiger partial charge on any atom is -0.380 e. The summed E-state index contributed by atoms with van der Waals surface area (Å²) in [4.78, 5) is 13.4. The quantitative estimate of drug-likeness (QED) is 0.375. The standard InChI is InChI=1S/C12H10N4O5S/c13-12(9-5-7-14-8-6-9)15-21-22(19,20)11-3-1-10(2-4-11)16(17)18/h1-8H,(H2,13,15). The Morgan fingerprint density at radius 3 is 2.32 bits per heavy atom. The second-order valence-electron chi connectivity index (χ2n) is 3.99. The zero-order valence-corrected chi connectivity index (χ0v) is 11.8. The third-order valence-corrected chi connectivity index (χ3v) is 3.67. The van der Waals surface area contributed by atoms with Gasteiger partial charge in [-0.15, -0.1) is 0 Å². The van der Waals surface area contributed by atoms with Crippen LogP contribution in [0.25, 0.3) is 0 Å². The number of oxime groups is 1. The summed E-state index contributed by atoms with van der Waals surface area (Å²) in [5.41, 5.74) is 5.79. The van der Waals surface area contributed by atoms with Crippen LogP contribution in [0, 0.1) is 10.1 Å². The summed E-state index contributed by atoms with van der Waals surface area (Å²) in [6.45, 7) is 0. The number of rotatable bonds is 5. The van der Waals surface area contributed by atoms with Crippen LogP contribution in [0.5, 0.6) is 0 Å². The van der Waals surface area contributed by atoms with Crippen molar-refractivity contribution in [3.8, 4) is 0 Å². The maximum atomic E-state index is 11.9. The minimum absolute atomic E-state index is 0.145. The Bertz CT molecular complexity index is 803. The molecule has 1 aromatic carbocycles. The van der Waals surface area contributed by atoms with Gasteiger partial charge < -0.3 is 5.73 Å². The minimum atomic E-state index is -4.21. The first-order valence-corrected chi connectivity index (χ1v) is 7.23. The molecule has 0 amide bonds. The largest absolute Gasteiger partial charge is 0.380 e. The molecule has 2 N–H and O–H groups in total. The Labute approximate surface area is 125 Å². The highest BCUT2D eigenvalue weighted by Crippen LogP contribution is 2.17. The highest BCUT2D eigenvalue weighted by molar-refractivity contribution is 7.86. The van der Waals surface area contributed by atoms with Gasteiger partial charge in [-0.05, 0) is 29.4 Å². The molecule has 2 aromatic rings. The molecule has 1 aromatic heterocycles. The van der Waals surface area contributed by atoms with E-state index < -0.39 is 15.0 Å². The Morgan fingerprint density at radius 2 is 1.77 bits per heavy atom. The smallest absolute Gasteiger partial charge is 0.358 e. The van der Waals surface area contributed by atoms with Crippen molar-refractivity contribution in [2.45, 2.75) is 4.90 Å². The first kappa shape index (κ1) is 15.4. The van der Waals surface area contributed by atoms with Crippen molar-refractivity contribution < 1.29 is 17.6 Å². The van der Waals surface area contributed by atoms with E-state index in [1.807, 2.05) is 0 Å². The number of nitrogens with zero attached hydrogens (tertiary/aromatic N) is 3. The van der Waals surface area contributed by atoms with E-state index in [9.17, 15) is 18.5 Å². The third kappa shape index (κ3) is 3.55. The molecule has 0 fully saturated rings. The van der Waals surface area contributed by atoms with Crippen LogP contribution in [0.15, 0.2) is 58.8 Å². The summed E-state index contributed by atoms with van der Waals surface area (Å²) < 4.78 is 28.2. The van der Waals surface area contributed by atoms with Gasteiger partial charge in [0.1, 0.15) is 4.90 Å². The topological polar surface area (TPSA) is 138 Å². The molecule has 2 rings (SSSR count). The van der Waals surface area contributed by atoms with Gasteiger partial charge in [-0.25, -0.2) is 0 Å². The Balaban J connectivity index is 2.19. The predicted molar refractivity (Wildman–Crippen MR) is 76.3 cm³/mol. The predicted octanol–water partition coefficient (Wildman–Crippen LogP) is 1.02. The molecule has 0 atom stereocenters. The Morgan fingerprint density at radius 1 is 1.18 bits per heavy atom. The van der Waals surface area contributed by atoms with Gasteiger partial charge in [0.25, 0.3) is 5.69 Å². The average molecular weight is 322 g/mol. The summed E-state index contributed by atoms with van der Waals surface area (Å²) in [6, 6.07) is 7.25. The number of nitrogens with two attached hydrogens (primary N) is 1. The van der Waals surface area contributed by atoms with E-state index in [0.29, 0.717) is 5.56 Å². The number of nitro benzene ring substituents is 1. The van der Waals surface area contributed by atoms with Crippen LogP contribution in [-0.4, -0.2) is 24.2 Å². The Hall–Kier alpha value is -3.01. The highest BCUT2D eigenvalue weighted by atomic mass is 32.2. The van der Waals surface area contributed by atoms with E-state index in [2.05, 4.69) is 14.4 Å². The van der Waals surface area contributed by atoms with Crippen molar-refractivity contribution in [3.05, 3.63) is 64.5 Å². The number of nitro groups is 1. The van der Waals surface area contributed by atoms with Crippen LogP contribution in [0.4, 0.5) is 5.69 Å². The van der Waals surface area contributed by atoms with Crippen LogP contribution in [0.3, 0.4) is 0 Å². The van der Waals surface area contributed by atoms with Gasteiger partial charge in [-0.1, -0.05) is 0 Å². The lowest BCUT2D eigenvalue weighted by molar-refractivity contribution is -0.384. The van der Waals surface area contributed by atoms with Gasteiger partial charge in [0.15, 0.2) is 5.84 Å². The number of hydrogen-bond donors (Lipinski definition) is 1. The lowest BCUT2D eigenvalue weighted by atomic mass is 10.2. The molecule has 0 aliphatic heterocycles. The van der Waals surface area contributed by atoms with E-state index in [0.717, 1.165) is 24.3 Å². The van der Waals surface area contributed by atoms with Gasteiger partial charge in [0.05, 0.1) is 4.92 Å². The molecule has 0 unspecified atom stereocenters. The molecule has 0 saturated heterocycles. The van der Waals surface area contributed by atoms with E-state index in [-0.39, 0.29) is 16.4 Å². The molecule has 0 radical (unpaired) electrons. The second kappa shape index (κ2) is 6.18. The van der Waals surface area contributed by atoms with Gasteiger partial charge in [-0.3, -0.25) is 19.4 Å². The fourth-order valence-corrected chi connectivity index (χ4v) is 2.18. The summed E-state index contributed by atoms with van der Waals surface area (Å²) in [7, 11) is -4.21. The van der Waals surface area contributed by atoms with Gasteiger partial charge in [-0.2, -0.15) is 8.42 Å². The Kier molecular flexibility index (Phi) is 4.32. The number of amidine groups is 1. The van der Waals surface area contributed by atoms with Crippen molar-refractivity contribution in [2.75, 3.05) is 0 Å². The molecule has 0 spiro atoms. The maximum absolute atomic E-state index is 11.9. The zero-order valence-electron chi connectivity index (χ0n) is 11.0. The third-order valence-electron chi connectivity index (χ3n) is 2.55. The van der Waals surface area contributed by atoms with Gasteiger partial charge in [0, 0.05) is 30.1 Å². The normalized spacial score (nSPS) is 11.9. The summed E-state index contributed by atoms with van der Waals surface area (Å²) in [6.07, 6.45) is 2.92. The number of non-ortho nitro benzene ring substituents is 1. The van der Waals surface area contributed by atoms with Crippen LogP contribution < -0.4 is 5.73 Å². The van der Waals surface area contributed by atoms with Crippen LogP contribution >= 0.6 is 0 Å². The zero-order chi connectivity index (χ0) is 16.2. The molecule has 9 nitrogen and oxygen atoms in total. The lowest BCUT2D eigenvalue weighted by Crippen LogP contribution is -2.15. The fraction of sp³-hybridized carbons (Fsp3) is 0. The fourth-order valence-electron chi connectivity index (χ4n) is 1.44. The second-order valence-corrected chi connectivity index (χ2v) is 5.52. The average Bonchev–Trinajstić information content (AvgIpc) is 2.53. The first-order chi connectivity index (χ1) is 10.4. The van der Waals surface area contributed by atoms with Crippen molar-refractivity contribution in [3.63, 3.8) is 0 Å². The van der Waals surface area contributed by atoms with Gasteiger partial charge >= 0.3 is 10.1 Å². The first-order valence-electron chi connectivity index (χ1n) is 5.82. The SMILES string of the molecule is NC(=NOS(=O)(=O)c1ccc([N+](=O)[O-])cc1)c1ccncc1. The van der Waals surface area contributed by atoms with Crippen LogP contribution in [0.1, 0.15) is 5.56 Å². The van der Waals surface area contributed by atoms with E-state index in [1.54, 1.807) is 0 Å². The lowest BCUT2D eigenvalue weighted by Gasteiger charge is -2.03. The number of hydrogen-bond acceptors (Lipinski definition) is 7. The molecular formula is C12H10N4O5S. The molecule has 114 valence electrons. The molecule has 0 aliphatic carbocycles. The van der Waals surface area contributed by atoms with Crippen LogP contribution in [0.2, 0.25) is 0 Å². The van der Waals surface area contributed by atoms with E-state index in [4.69, 9.17) is 5.73 Å². The maximum Gasteiger partial charge on any atom is 0.358 e. The molecule has 0 saturated carbocycles. The molecule has 10 heteroatoms. The van der Waals surface area contributed by atoms with Crippen LogP contribution in [-0.2, 0) is 14.4 Å². The number of benzene rings is 1. The molecule has 1 heterocycles. The molecular weight excluding hydrogens is 312 g/mol. The van der Waals surface area contributed by atoms with Crippen molar-refractivity contribution >= 4 is 21.6 Å². The molecule has 0 bridgehead atoms. The summed E-state index contributed by atoms with van der Waals surface area (Å²) >= 11 is 0. The van der Waals surface area contributed by atoms with Gasteiger partial charge in [0.2, 0.25) is 0 Å². The van der Waals surface area contributed by atoms with Crippen molar-refractivity contribution in [2.24, 2.45) is 10.9 Å². The summed E-state index contributed by atoms with van der Waals surface area (Å²) in [5.74, 6) is -0.145.